The first kappa shape index (κ1) is 18.3. The molecular weight excluding hydrogens is 344 g/mol. The number of nitrogens with zero attached hydrogens (tertiary/aromatic N) is 2. The molecule has 0 bridgehead atoms. The van der Waals surface area contributed by atoms with Crippen LogP contribution in [0.1, 0.15) is 18.9 Å². The Bertz CT molecular complexity index is 701. The van der Waals surface area contributed by atoms with Crippen molar-refractivity contribution in [3.8, 4) is 0 Å². The normalized spacial score (nSPS) is 23.6. The number of rotatable bonds is 7. The number of pyridine rings is 1. The summed E-state index contributed by atoms with van der Waals surface area (Å²) in [6.45, 7) is 3.59. The summed E-state index contributed by atoms with van der Waals surface area (Å²) >= 11 is 0. The Morgan fingerprint density at radius 3 is 2.88 bits per heavy atom. The monoisotopic (exact) mass is 368 g/mol. The fraction of sp³-hybridized carbons (Fsp3) is 0.647. The van der Waals surface area contributed by atoms with Crippen LogP contribution < -0.4 is 0 Å². The van der Waals surface area contributed by atoms with Gasteiger partial charge in [-0.1, -0.05) is 6.07 Å². The second-order valence-corrected chi connectivity index (χ2v) is 9.08. The molecule has 1 aromatic rings. The van der Waals surface area contributed by atoms with Crippen molar-refractivity contribution < 1.29 is 22.7 Å². The molecule has 0 aliphatic carbocycles. The molecule has 3 heterocycles. The molecule has 2 aliphatic rings. The first-order valence-electron chi connectivity index (χ1n) is 8.53. The van der Waals surface area contributed by atoms with E-state index in [0.717, 1.165) is 5.56 Å². The lowest BCUT2D eigenvalue weighted by molar-refractivity contribution is -0.142. The highest BCUT2D eigenvalue weighted by Crippen LogP contribution is 2.44. The molecule has 8 heteroatoms. The molecule has 0 aromatic carbocycles. The Hall–Kier alpha value is -1.51. The summed E-state index contributed by atoms with van der Waals surface area (Å²) in [5.41, 5.74) is 0.958. The molecule has 25 heavy (non-hydrogen) atoms. The Balaban J connectivity index is 1.58. The van der Waals surface area contributed by atoms with Crippen molar-refractivity contribution in [3.05, 3.63) is 30.1 Å². The summed E-state index contributed by atoms with van der Waals surface area (Å²) in [5.74, 6) is -0.0589. The largest absolute Gasteiger partial charge is 0.376 e. The topological polar surface area (TPSA) is 85.8 Å². The SMILES string of the molecule is CCOCC(=O)N1CC2(C1)[C@@H](COCc1cccnc1)CCS2(=O)=O. The maximum atomic E-state index is 12.6. The van der Waals surface area contributed by atoms with Gasteiger partial charge in [0.15, 0.2) is 9.84 Å². The van der Waals surface area contributed by atoms with Gasteiger partial charge in [-0.15, -0.1) is 0 Å². The van der Waals surface area contributed by atoms with E-state index in [4.69, 9.17) is 9.47 Å². The van der Waals surface area contributed by atoms with E-state index in [-0.39, 0.29) is 37.3 Å². The fourth-order valence-electron chi connectivity index (χ4n) is 3.57. The summed E-state index contributed by atoms with van der Waals surface area (Å²) in [6, 6.07) is 3.76. The van der Waals surface area contributed by atoms with Crippen LogP contribution in [0, 0.1) is 5.92 Å². The first-order chi connectivity index (χ1) is 12.0. The van der Waals surface area contributed by atoms with Crippen LogP contribution >= 0.6 is 0 Å². The summed E-state index contributed by atoms with van der Waals surface area (Å²) in [7, 11) is -3.21. The predicted molar refractivity (Wildman–Crippen MR) is 91.6 cm³/mol. The highest BCUT2D eigenvalue weighted by molar-refractivity contribution is 7.93. The Morgan fingerprint density at radius 1 is 1.40 bits per heavy atom. The van der Waals surface area contributed by atoms with Crippen molar-refractivity contribution in [2.24, 2.45) is 5.92 Å². The molecule has 1 aromatic heterocycles. The van der Waals surface area contributed by atoms with E-state index in [1.54, 1.807) is 17.3 Å². The standard InChI is InChI=1S/C17H24N2O5S/c1-2-23-11-16(20)19-12-17(13-19)15(5-7-25(17,21)22)10-24-9-14-4-3-6-18-8-14/h3-4,6,8,15H,2,5,7,9-13H2,1H3/t15-/m1/s1. The average Bonchev–Trinajstić information content (AvgIpc) is 2.83. The zero-order valence-electron chi connectivity index (χ0n) is 14.4. The quantitative estimate of drug-likeness (QED) is 0.702. The molecule has 0 saturated carbocycles. The van der Waals surface area contributed by atoms with E-state index < -0.39 is 14.6 Å². The van der Waals surface area contributed by atoms with Gasteiger partial charge in [-0.3, -0.25) is 9.78 Å². The van der Waals surface area contributed by atoms with Crippen LogP contribution in [-0.4, -0.2) is 67.6 Å². The Kier molecular flexibility index (Phi) is 5.41. The minimum absolute atomic E-state index is 0.00873. The Labute approximate surface area is 148 Å². The number of sulfone groups is 1. The molecule has 3 rings (SSSR count). The molecule has 0 unspecified atom stereocenters. The smallest absolute Gasteiger partial charge is 0.248 e. The first-order valence-corrected chi connectivity index (χ1v) is 10.2. The molecule has 1 atom stereocenters. The van der Waals surface area contributed by atoms with Crippen molar-refractivity contribution in [2.45, 2.75) is 24.7 Å². The maximum Gasteiger partial charge on any atom is 0.248 e. The van der Waals surface area contributed by atoms with Crippen molar-refractivity contribution in [1.82, 2.24) is 9.88 Å². The average molecular weight is 368 g/mol. The lowest BCUT2D eigenvalue weighted by atomic mass is 9.83. The van der Waals surface area contributed by atoms with Gasteiger partial charge < -0.3 is 14.4 Å². The third-order valence-corrected chi connectivity index (χ3v) is 7.71. The third-order valence-electron chi connectivity index (χ3n) is 5.11. The van der Waals surface area contributed by atoms with E-state index >= 15 is 0 Å². The van der Waals surface area contributed by atoms with Crippen LogP contribution in [0.25, 0.3) is 0 Å². The zero-order chi connectivity index (χ0) is 17.9. The van der Waals surface area contributed by atoms with Crippen LogP contribution in [0.15, 0.2) is 24.5 Å². The molecule has 2 aliphatic heterocycles. The summed E-state index contributed by atoms with van der Waals surface area (Å²) in [6.07, 6.45) is 4.02. The van der Waals surface area contributed by atoms with Gasteiger partial charge in [0.25, 0.3) is 0 Å². The summed E-state index contributed by atoms with van der Waals surface area (Å²) in [4.78, 5) is 17.6. The fourth-order valence-corrected chi connectivity index (χ4v) is 5.97. The molecular formula is C17H24N2O5S. The summed E-state index contributed by atoms with van der Waals surface area (Å²) < 4.78 is 35.2. The van der Waals surface area contributed by atoms with E-state index in [1.165, 1.54) is 0 Å². The molecule has 2 fully saturated rings. The Morgan fingerprint density at radius 2 is 2.20 bits per heavy atom. The van der Waals surface area contributed by atoms with Gasteiger partial charge in [0.2, 0.25) is 5.91 Å². The molecule has 1 amide bonds. The van der Waals surface area contributed by atoms with E-state index in [9.17, 15) is 13.2 Å². The van der Waals surface area contributed by atoms with E-state index in [1.807, 2.05) is 19.1 Å². The van der Waals surface area contributed by atoms with Gasteiger partial charge in [0.05, 0.1) is 19.0 Å². The van der Waals surface area contributed by atoms with Crippen LogP contribution in [0.2, 0.25) is 0 Å². The molecule has 0 N–H and O–H groups in total. The van der Waals surface area contributed by atoms with E-state index in [0.29, 0.717) is 26.2 Å². The van der Waals surface area contributed by atoms with Gasteiger partial charge in [-0.05, 0) is 25.0 Å². The molecule has 0 radical (unpaired) electrons. The van der Waals surface area contributed by atoms with Crippen LogP contribution in [-0.2, 0) is 30.7 Å². The number of carbonyl (C=O) groups excluding carboxylic acids is 1. The van der Waals surface area contributed by atoms with Gasteiger partial charge in [0.1, 0.15) is 11.4 Å². The van der Waals surface area contributed by atoms with Crippen molar-refractivity contribution >= 4 is 15.7 Å². The molecule has 2 saturated heterocycles. The van der Waals surface area contributed by atoms with Crippen LogP contribution in [0.4, 0.5) is 0 Å². The lowest BCUT2D eigenvalue weighted by Gasteiger charge is -2.49. The number of ether oxygens (including phenoxy) is 2. The molecule has 138 valence electrons. The minimum Gasteiger partial charge on any atom is -0.376 e. The van der Waals surface area contributed by atoms with Crippen LogP contribution in [0.3, 0.4) is 0 Å². The predicted octanol–water partition coefficient (Wildman–Crippen LogP) is 0.650. The number of hydrogen-bond donors (Lipinski definition) is 0. The lowest BCUT2D eigenvalue weighted by Crippen LogP contribution is -2.69. The van der Waals surface area contributed by atoms with Gasteiger partial charge in [-0.25, -0.2) is 8.42 Å². The number of amides is 1. The number of aromatic nitrogens is 1. The third kappa shape index (κ3) is 3.56. The highest BCUT2D eigenvalue weighted by atomic mass is 32.2. The van der Waals surface area contributed by atoms with Crippen molar-refractivity contribution in [2.75, 3.05) is 38.7 Å². The maximum absolute atomic E-state index is 12.6. The van der Waals surface area contributed by atoms with E-state index in [2.05, 4.69) is 4.98 Å². The van der Waals surface area contributed by atoms with Crippen molar-refractivity contribution in [3.63, 3.8) is 0 Å². The number of likely N-dealkylation sites (tertiary alicyclic amines) is 1. The number of carbonyl (C=O) groups is 1. The second-order valence-electron chi connectivity index (χ2n) is 6.63. The molecule has 7 nitrogen and oxygen atoms in total. The summed E-state index contributed by atoms with van der Waals surface area (Å²) in [5, 5.41) is 0. The van der Waals surface area contributed by atoms with Crippen LogP contribution in [0.5, 0.6) is 0 Å². The second kappa shape index (κ2) is 7.39. The highest BCUT2D eigenvalue weighted by Gasteiger charge is 2.62. The van der Waals surface area contributed by atoms with Crippen molar-refractivity contribution in [1.29, 1.82) is 0 Å². The van der Waals surface area contributed by atoms with Gasteiger partial charge in [0, 0.05) is 38.0 Å². The molecule has 1 spiro atoms. The number of hydrogen-bond acceptors (Lipinski definition) is 6. The minimum atomic E-state index is -3.21. The van der Waals surface area contributed by atoms with Gasteiger partial charge in [-0.2, -0.15) is 0 Å². The zero-order valence-corrected chi connectivity index (χ0v) is 15.2. The van der Waals surface area contributed by atoms with Gasteiger partial charge >= 0.3 is 0 Å².